The Morgan fingerprint density at radius 3 is 2.65 bits per heavy atom. The lowest BCUT2D eigenvalue weighted by Gasteiger charge is -2.14. The third-order valence-electron chi connectivity index (χ3n) is 3.53. The second-order valence-electron chi connectivity index (χ2n) is 7.38. The number of rotatable bonds is 7. The first kappa shape index (κ1) is 19.8. The van der Waals surface area contributed by atoms with E-state index in [1.165, 1.54) is 0 Å². The van der Waals surface area contributed by atoms with Crippen molar-refractivity contribution < 1.29 is 4.74 Å². The maximum Gasteiger partial charge on any atom is 0.123 e. The van der Waals surface area contributed by atoms with E-state index in [4.69, 9.17) is 4.74 Å². The van der Waals surface area contributed by atoms with Gasteiger partial charge in [-0.1, -0.05) is 48.2 Å². The number of allylic oxidation sites excluding steroid dienone is 1. The smallest absolute Gasteiger partial charge is 0.123 e. The Bertz CT molecular complexity index is 764. The fourth-order valence-electron chi connectivity index (χ4n) is 2.26. The molecule has 3 nitrogen and oxygen atoms in total. The maximum absolute atomic E-state index is 5.87. The Morgan fingerprint density at radius 1 is 1.15 bits per heavy atom. The summed E-state index contributed by atoms with van der Waals surface area (Å²) in [6, 6.07) is 14.1. The molecule has 0 aliphatic heterocycles. The van der Waals surface area contributed by atoms with Crippen molar-refractivity contribution in [2.45, 2.75) is 33.9 Å². The summed E-state index contributed by atoms with van der Waals surface area (Å²) in [5, 5.41) is 0. The van der Waals surface area contributed by atoms with E-state index in [1.54, 1.807) is 6.20 Å². The van der Waals surface area contributed by atoms with Gasteiger partial charge in [-0.15, -0.1) is 0 Å². The minimum Gasteiger partial charge on any atom is -0.489 e. The molecule has 3 heteroatoms. The SMILES string of the molecule is CN(CC=CC#CC(C)(C)C)Cc1cc(OCc2ccccc2)ccn1. The van der Waals surface area contributed by atoms with Crippen LogP contribution < -0.4 is 4.74 Å². The number of pyridine rings is 1. The summed E-state index contributed by atoms with van der Waals surface area (Å²) in [5.41, 5.74) is 2.19. The number of ether oxygens (including phenoxy) is 1. The molecule has 0 N–H and O–H groups in total. The Morgan fingerprint density at radius 2 is 1.92 bits per heavy atom. The van der Waals surface area contributed by atoms with E-state index in [-0.39, 0.29) is 5.41 Å². The molecular formula is C23H28N2O. The molecule has 0 aliphatic carbocycles. The quantitative estimate of drug-likeness (QED) is 0.678. The average molecular weight is 348 g/mol. The van der Waals surface area contributed by atoms with Crippen molar-refractivity contribution >= 4 is 0 Å². The molecular weight excluding hydrogens is 320 g/mol. The predicted molar refractivity (Wildman–Crippen MR) is 108 cm³/mol. The van der Waals surface area contributed by atoms with Crippen molar-refractivity contribution in [3.63, 3.8) is 0 Å². The van der Waals surface area contributed by atoms with Crippen molar-refractivity contribution in [2.75, 3.05) is 13.6 Å². The number of likely N-dealkylation sites (N-methyl/N-ethyl adjacent to an activating group) is 1. The Labute approximate surface area is 157 Å². The molecule has 0 saturated carbocycles. The predicted octanol–water partition coefficient (Wildman–Crippen LogP) is 4.70. The van der Waals surface area contributed by atoms with Crippen molar-refractivity contribution in [3.8, 4) is 17.6 Å². The topological polar surface area (TPSA) is 25.4 Å². The number of hydrogen-bond donors (Lipinski definition) is 0. The summed E-state index contributed by atoms with van der Waals surface area (Å²) in [5.74, 6) is 7.14. The molecule has 2 rings (SSSR count). The molecule has 1 aromatic carbocycles. The molecule has 1 heterocycles. The fraction of sp³-hybridized carbons (Fsp3) is 0.348. The van der Waals surface area contributed by atoms with Crippen LogP contribution in [0.4, 0.5) is 0 Å². The molecule has 0 atom stereocenters. The van der Waals surface area contributed by atoms with Gasteiger partial charge < -0.3 is 4.74 Å². The number of aromatic nitrogens is 1. The first-order chi connectivity index (χ1) is 12.4. The van der Waals surface area contributed by atoms with Gasteiger partial charge in [0.2, 0.25) is 0 Å². The zero-order valence-electron chi connectivity index (χ0n) is 16.2. The maximum atomic E-state index is 5.87. The first-order valence-electron chi connectivity index (χ1n) is 8.90. The van der Waals surface area contributed by atoms with Crippen molar-refractivity contribution in [1.29, 1.82) is 0 Å². The molecule has 0 radical (unpaired) electrons. The highest BCUT2D eigenvalue weighted by atomic mass is 16.5. The summed E-state index contributed by atoms with van der Waals surface area (Å²) in [4.78, 5) is 6.63. The first-order valence-corrected chi connectivity index (χ1v) is 8.90. The normalized spacial score (nSPS) is 11.4. The van der Waals surface area contributed by atoms with Gasteiger partial charge in [-0.25, -0.2) is 0 Å². The monoisotopic (exact) mass is 348 g/mol. The second-order valence-corrected chi connectivity index (χ2v) is 7.38. The fourth-order valence-corrected chi connectivity index (χ4v) is 2.26. The zero-order valence-corrected chi connectivity index (χ0v) is 16.2. The van der Waals surface area contributed by atoms with Gasteiger partial charge in [0.15, 0.2) is 0 Å². The van der Waals surface area contributed by atoms with Gasteiger partial charge in [0, 0.05) is 30.8 Å². The molecule has 2 aromatic rings. The van der Waals surface area contributed by atoms with Crippen LogP contribution in [0.2, 0.25) is 0 Å². The van der Waals surface area contributed by atoms with Crippen LogP contribution in [0, 0.1) is 17.3 Å². The lowest BCUT2D eigenvalue weighted by atomic mass is 9.98. The summed E-state index contributed by atoms with van der Waals surface area (Å²) < 4.78 is 5.87. The third-order valence-corrected chi connectivity index (χ3v) is 3.53. The largest absolute Gasteiger partial charge is 0.489 e. The van der Waals surface area contributed by atoms with Crippen LogP contribution in [0.15, 0.2) is 60.8 Å². The van der Waals surface area contributed by atoms with Crippen LogP contribution in [0.3, 0.4) is 0 Å². The van der Waals surface area contributed by atoms with Crippen molar-refractivity contribution in [1.82, 2.24) is 9.88 Å². The van der Waals surface area contributed by atoms with Gasteiger partial charge in [0.25, 0.3) is 0 Å². The van der Waals surface area contributed by atoms with E-state index in [9.17, 15) is 0 Å². The molecule has 0 fully saturated rings. The Kier molecular flexibility index (Phi) is 7.44. The highest BCUT2D eigenvalue weighted by Gasteiger charge is 2.03. The molecule has 0 aliphatic rings. The number of nitrogens with zero attached hydrogens (tertiary/aromatic N) is 2. The van der Waals surface area contributed by atoms with Crippen molar-refractivity contribution in [3.05, 3.63) is 72.1 Å². The van der Waals surface area contributed by atoms with E-state index in [1.807, 2.05) is 36.4 Å². The highest BCUT2D eigenvalue weighted by Crippen LogP contribution is 2.14. The Balaban J connectivity index is 1.83. The minimum absolute atomic E-state index is 0.0420. The van der Waals surface area contributed by atoms with Gasteiger partial charge >= 0.3 is 0 Å². The lowest BCUT2D eigenvalue weighted by molar-refractivity contribution is 0.303. The summed E-state index contributed by atoms with van der Waals surface area (Å²) in [6.07, 6.45) is 5.80. The molecule has 1 aromatic heterocycles. The lowest BCUT2D eigenvalue weighted by Crippen LogP contribution is -2.18. The van der Waals surface area contributed by atoms with Crippen LogP contribution >= 0.6 is 0 Å². The molecule has 0 spiro atoms. The minimum atomic E-state index is 0.0420. The molecule has 0 bridgehead atoms. The van der Waals surface area contributed by atoms with Gasteiger partial charge in [-0.3, -0.25) is 9.88 Å². The van der Waals surface area contributed by atoms with E-state index in [2.05, 4.69) is 67.8 Å². The summed E-state index contributed by atoms with van der Waals surface area (Å²) in [6.45, 7) is 8.49. The molecule has 0 amide bonds. The van der Waals surface area contributed by atoms with E-state index >= 15 is 0 Å². The van der Waals surface area contributed by atoms with Crippen LogP contribution in [-0.4, -0.2) is 23.5 Å². The highest BCUT2D eigenvalue weighted by molar-refractivity contribution is 5.24. The van der Waals surface area contributed by atoms with Gasteiger partial charge in [-0.05, 0) is 45.5 Å². The van der Waals surface area contributed by atoms with Crippen LogP contribution in [0.1, 0.15) is 32.0 Å². The number of benzene rings is 1. The van der Waals surface area contributed by atoms with Gasteiger partial charge in [0.1, 0.15) is 12.4 Å². The van der Waals surface area contributed by atoms with Crippen LogP contribution in [0.25, 0.3) is 0 Å². The molecule has 26 heavy (non-hydrogen) atoms. The number of hydrogen-bond acceptors (Lipinski definition) is 3. The molecule has 0 saturated heterocycles. The van der Waals surface area contributed by atoms with Crippen molar-refractivity contribution in [2.24, 2.45) is 5.41 Å². The summed E-state index contributed by atoms with van der Waals surface area (Å²) in [7, 11) is 2.07. The van der Waals surface area contributed by atoms with Crippen LogP contribution in [0.5, 0.6) is 5.75 Å². The molecule has 136 valence electrons. The van der Waals surface area contributed by atoms with E-state index < -0.39 is 0 Å². The van der Waals surface area contributed by atoms with E-state index in [0.717, 1.165) is 30.1 Å². The standard InChI is InChI=1S/C23H28N2O/c1-23(2,3)14-9-6-10-16-25(4)18-21-17-22(13-15-24-21)26-19-20-11-7-5-8-12-20/h5-8,10-13,15,17H,16,18-19H2,1-4H3. The second kappa shape index (κ2) is 9.79. The average Bonchev–Trinajstić information content (AvgIpc) is 2.60. The van der Waals surface area contributed by atoms with Crippen LogP contribution in [-0.2, 0) is 13.2 Å². The zero-order chi connectivity index (χ0) is 18.8. The van der Waals surface area contributed by atoms with Gasteiger partial charge in [-0.2, -0.15) is 0 Å². The van der Waals surface area contributed by atoms with Gasteiger partial charge in [0.05, 0.1) is 5.69 Å². The summed E-state index contributed by atoms with van der Waals surface area (Å²) >= 11 is 0. The third kappa shape index (κ3) is 8.00. The van der Waals surface area contributed by atoms with E-state index in [0.29, 0.717) is 6.61 Å². The molecule has 0 unspecified atom stereocenters. The Hall–Kier alpha value is -2.57.